The summed E-state index contributed by atoms with van der Waals surface area (Å²) in [4.78, 5) is 12.0. The minimum atomic E-state index is -0.160. The number of carbonyl (C=O) groups is 1. The highest BCUT2D eigenvalue weighted by Crippen LogP contribution is 2.34. The zero-order valence-electron chi connectivity index (χ0n) is 11.7. The van der Waals surface area contributed by atoms with E-state index in [1.165, 1.54) is 5.56 Å². The summed E-state index contributed by atoms with van der Waals surface area (Å²) < 4.78 is 0. The average Bonchev–Trinajstić information content (AvgIpc) is 2.28. The smallest absolute Gasteiger partial charge is 0.231 e. The largest absolute Gasteiger partial charge is 0.330 e. The van der Waals surface area contributed by atoms with E-state index >= 15 is 0 Å². The maximum Gasteiger partial charge on any atom is 0.231 e. The molecule has 2 rings (SSSR count). The van der Waals surface area contributed by atoms with Crippen LogP contribution in [0.15, 0.2) is 30.5 Å². The molecule has 1 atom stereocenters. The lowest BCUT2D eigenvalue weighted by Crippen LogP contribution is -2.33. The molecule has 0 spiro atoms. The fourth-order valence-electron chi connectivity index (χ4n) is 2.35. The molecule has 1 aliphatic rings. The van der Waals surface area contributed by atoms with E-state index in [0.29, 0.717) is 5.02 Å². The van der Waals surface area contributed by atoms with Crippen LogP contribution in [0, 0.1) is 0 Å². The summed E-state index contributed by atoms with van der Waals surface area (Å²) in [6.07, 6.45) is 1.59. The summed E-state index contributed by atoms with van der Waals surface area (Å²) in [6.45, 7) is 10.2. The molecular formula is C16H20ClNO. The number of carbonyl (C=O) groups excluding carboxylic acids is 1. The Labute approximate surface area is 119 Å². The molecule has 1 aliphatic heterocycles. The number of hydrogen-bond acceptors (Lipinski definition) is 1. The Kier molecular flexibility index (Phi) is 3.73. The number of amides is 1. The Morgan fingerprint density at radius 1 is 1.37 bits per heavy atom. The Hall–Kier alpha value is -1.28. The lowest BCUT2D eigenvalue weighted by molar-refractivity contribution is -0.122. The molecule has 1 heterocycles. The van der Waals surface area contributed by atoms with Crippen molar-refractivity contribution in [1.29, 1.82) is 0 Å². The molecule has 1 fully saturated rings. The van der Waals surface area contributed by atoms with Crippen LogP contribution < -0.4 is 5.32 Å². The van der Waals surface area contributed by atoms with Crippen molar-refractivity contribution in [2.24, 2.45) is 0 Å². The quantitative estimate of drug-likeness (QED) is 0.821. The third kappa shape index (κ3) is 3.01. The number of rotatable bonds is 1. The summed E-state index contributed by atoms with van der Waals surface area (Å²) in [5.74, 6) is -0.159. The maximum absolute atomic E-state index is 12.0. The van der Waals surface area contributed by atoms with Crippen LogP contribution in [0.2, 0.25) is 5.02 Å². The van der Waals surface area contributed by atoms with Gasteiger partial charge in [0.15, 0.2) is 0 Å². The van der Waals surface area contributed by atoms with Gasteiger partial charge in [-0.25, -0.2) is 0 Å². The zero-order valence-corrected chi connectivity index (χ0v) is 12.5. The number of allylic oxidation sites excluding steroid dienone is 1. The van der Waals surface area contributed by atoms with Gasteiger partial charge in [-0.1, -0.05) is 51.1 Å². The first kappa shape index (κ1) is 14.1. The number of benzene rings is 1. The Morgan fingerprint density at radius 3 is 2.58 bits per heavy atom. The zero-order chi connectivity index (χ0) is 14.2. The van der Waals surface area contributed by atoms with Crippen LogP contribution in [0.5, 0.6) is 0 Å². The number of hydrogen-bond donors (Lipinski definition) is 1. The van der Waals surface area contributed by atoms with Crippen molar-refractivity contribution in [3.05, 3.63) is 46.6 Å². The van der Waals surface area contributed by atoms with E-state index in [1.807, 2.05) is 12.1 Å². The van der Waals surface area contributed by atoms with Crippen LogP contribution in [0.25, 0.3) is 0 Å². The normalized spacial score (nSPS) is 20.3. The van der Waals surface area contributed by atoms with Crippen LogP contribution in [-0.4, -0.2) is 5.91 Å². The standard InChI is InChI=1S/C16H20ClNO/c1-10-5-7-13(15(19)18-10)12-8-6-11(9-14(12)17)16(2,3)4/h6,8-9,13H,1,5,7H2,2-4H3,(H,18,19). The van der Waals surface area contributed by atoms with Gasteiger partial charge < -0.3 is 5.32 Å². The molecule has 2 nitrogen and oxygen atoms in total. The molecule has 102 valence electrons. The summed E-state index contributed by atoms with van der Waals surface area (Å²) in [6, 6.07) is 6.03. The third-order valence-electron chi connectivity index (χ3n) is 3.59. The van der Waals surface area contributed by atoms with Crippen molar-refractivity contribution in [2.45, 2.75) is 44.9 Å². The molecule has 1 unspecified atom stereocenters. The van der Waals surface area contributed by atoms with Gasteiger partial charge in [-0.15, -0.1) is 0 Å². The third-order valence-corrected chi connectivity index (χ3v) is 3.92. The second kappa shape index (κ2) is 5.01. The summed E-state index contributed by atoms with van der Waals surface area (Å²) in [7, 11) is 0. The molecule has 0 aromatic heterocycles. The summed E-state index contributed by atoms with van der Waals surface area (Å²) in [5.41, 5.74) is 2.95. The van der Waals surface area contributed by atoms with Gasteiger partial charge in [0.2, 0.25) is 5.91 Å². The number of halogens is 1. The lowest BCUT2D eigenvalue weighted by Gasteiger charge is -2.26. The van der Waals surface area contributed by atoms with Crippen molar-refractivity contribution in [3.63, 3.8) is 0 Å². The fourth-order valence-corrected chi connectivity index (χ4v) is 2.66. The molecule has 1 saturated heterocycles. The lowest BCUT2D eigenvalue weighted by atomic mass is 9.84. The van der Waals surface area contributed by atoms with E-state index in [1.54, 1.807) is 0 Å². The Morgan fingerprint density at radius 2 is 2.05 bits per heavy atom. The highest BCUT2D eigenvalue weighted by molar-refractivity contribution is 6.31. The molecule has 1 amide bonds. The first-order valence-electron chi connectivity index (χ1n) is 6.57. The highest BCUT2D eigenvalue weighted by atomic mass is 35.5. The minimum absolute atomic E-state index is 0.00154. The van der Waals surface area contributed by atoms with E-state index in [9.17, 15) is 4.79 Å². The maximum atomic E-state index is 12.0. The molecular weight excluding hydrogens is 258 g/mol. The van der Waals surface area contributed by atoms with Crippen LogP contribution in [0.1, 0.15) is 50.7 Å². The molecule has 0 saturated carbocycles. The predicted molar refractivity (Wildman–Crippen MR) is 79.4 cm³/mol. The molecule has 0 radical (unpaired) electrons. The number of piperidine rings is 1. The van der Waals surface area contributed by atoms with E-state index in [-0.39, 0.29) is 17.2 Å². The van der Waals surface area contributed by atoms with Crippen LogP contribution in [-0.2, 0) is 10.2 Å². The van der Waals surface area contributed by atoms with Crippen LogP contribution in [0.3, 0.4) is 0 Å². The first-order valence-corrected chi connectivity index (χ1v) is 6.95. The van der Waals surface area contributed by atoms with Crippen molar-refractivity contribution in [1.82, 2.24) is 5.32 Å². The van der Waals surface area contributed by atoms with E-state index < -0.39 is 0 Å². The Bertz CT molecular complexity index is 528. The van der Waals surface area contributed by atoms with E-state index in [2.05, 4.69) is 38.7 Å². The van der Waals surface area contributed by atoms with Crippen molar-refractivity contribution in [3.8, 4) is 0 Å². The van der Waals surface area contributed by atoms with Crippen molar-refractivity contribution >= 4 is 17.5 Å². The van der Waals surface area contributed by atoms with E-state index in [0.717, 1.165) is 24.1 Å². The minimum Gasteiger partial charge on any atom is -0.330 e. The van der Waals surface area contributed by atoms with Crippen molar-refractivity contribution in [2.75, 3.05) is 0 Å². The second-order valence-corrected chi connectivity index (χ2v) is 6.58. The van der Waals surface area contributed by atoms with Gasteiger partial charge in [0.05, 0.1) is 5.92 Å². The topological polar surface area (TPSA) is 29.1 Å². The van der Waals surface area contributed by atoms with E-state index in [4.69, 9.17) is 11.6 Å². The predicted octanol–water partition coefficient (Wildman–Crippen LogP) is 4.14. The van der Waals surface area contributed by atoms with Gasteiger partial charge in [0, 0.05) is 10.7 Å². The molecule has 3 heteroatoms. The van der Waals surface area contributed by atoms with Crippen LogP contribution in [0.4, 0.5) is 0 Å². The van der Waals surface area contributed by atoms with Crippen LogP contribution >= 0.6 is 11.6 Å². The van der Waals surface area contributed by atoms with Gasteiger partial charge in [-0.05, 0) is 35.4 Å². The van der Waals surface area contributed by atoms with Gasteiger partial charge in [-0.2, -0.15) is 0 Å². The van der Waals surface area contributed by atoms with Gasteiger partial charge in [0.25, 0.3) is 0 Å². The van der Waals surface area contributed by atoms with Gasteiger partial charge in [-0.3, -0.25) is 4.79 Å². The second-order valence-electron chi connectivity index (χ2n) is 6.17. The molecule has 1 aromatic carbocycles. The number of nitrogens with one attached hydrogen (secondary N) is 1. The first-order chi connectivity index (χ1) is 8.79. The summed E-state index contributed by atoms with van der Waals surface area (Å²) in [5, 5.41) is 3.49. The Balaban J connectivity index is 2.31. The molecule has 0 bridgehead atoms. The SMILES string of the molecule is C=C1CCC(c2ccc(C(C)(C)C)cc2Cl)C(=O)N1. The molecule has 1 aromatic rings. The monoisotopic (exact) mass is 277 g/mol. The van der Waals surface area contributed by atoms with Crippen molar-refractivity contribution < 1.29 is 4.79 Å². The average molecular weight is 278 g/mol. The van der Waals surface area contributed by atoms with Gasteiger partial charge >= 0.3 is 0 Å². The highest BCUT2D eigenvalue weighted by Gasteiger charge is 2.27. The summed E-state index contributed by atoms with van der Waals surface area (Å²) >= 11 is 6.37. The molecule has 1 N–H and O–H groups in total. The molecule has 19 heavy (non-hydrogen) atoms. The fraction of sp³-hybridized carbons (Fsp3) is 0.438. The molecule has 0 aliphatic carbocycles. The van der Waals surface area contributed by atoms with Gasteiger partial charge in [0.1, 0.15) is 0 Å².